The third-order valence-corrected chi connectivity index (χ3v) is 6.08. The van der Waals surface area contributed by atoms with Crippen molar-refractivity contribution in [1.29, 1.82) is 0 Å². The minimum absolute atomic E-state index is 0.0250. The largest absolute Gasteiger partial charge is 0.480 e. The fraction of sp³-hybridized carbons (Fsp3) is 0.320. The monoisotopic (exact) mass is 433 g/mol. The molecule has 0 spiro atoms. The number of nitrogens with zero attached hydrogens (tertiary/aromatic N) is 1. The number of aromatic amines is 1. The summed E-state index contributed by atoms with van der Waals surface area (Å²) in [6, 6.07) is 14.4. The molecule has 3 aromatic rings. The number of H-pyrrole nitrogens is 1. The molecule has 1 unspecified atom stereocenters. The summed E-state index contributed by atoms with van der Waals surface area (Å²) in [6.45, 7) is 2.46. The molecule has 2 aromatic carbocycles. The number of carboxylic acid groups (broad SMARTS) is 1. The summed E-state index contributed by atoms with van der Waals surface area (Å²) in [5.41, 5.74) is 3.92. The van der Waals surface area contributed by atoms with E-state index in [9.17, 15) is 19.5 Å². The topological polar surface area (TPSA) is 103 Å². The standard InChI is InChI=1S/C25H27N3O4/c1-16-6-8-17(9-7-16)15-28-19(10-11-24(28)30)13-23(29)27-22(25(31)32)12-18-14-26-21-5-3-2-4-20(18)21/h2-9,14,19,22,26H,10-13,15H2,1H3,(H,27,29)(H,31,32)/t19?,22-/m0/s1. The van der Waals surface area contributed by atoms with Crippen molar-refractivity contribution in [3.05, 3.63) is 71.4 Å². The van der Waals surface area contributed by atoms with Gasteiger partial charge in [0, 0.05) is 48.9 Å². The smallest absolute Gasteiger partial charge is 0.326 e. The predicted molar refractivity (Wildman–Crippen MR) is 121 cm³/mol. The lowest BCUT2D eigenvalue weighted by atomic mass is 10.0. The first-order valence-corrected chi connectivity index (χ1v) is 10.8. The zero-order chi connectivity index (χ0) is 22.7. The Bertz CT molecular complexity index is 1140. The molecule has 4 rings (SSSR count). The Hall–Kier alpha value is -3.61. The van der Waals surface area contributed by atoms with Crippen LogP contribution >= 0.6 is 0 Å². The van der Waals surface area contributed by atoms with Gasteiger partial charge in [0.2, 0.25) is 11.8 Å². The van der Waals surface area contributed by atoms with Crippen molar-refractivity contribution in [2.45, 2.75) is 51.2 Å². The van der Waals surface area contributed by atoms with Crippen LogP contribution in [0.2, 0.25) is 0 Å². The second-order valence-corrected chi connectivity index (χ2v) is 8.43. The van der Waals surface area contributed by atoms with Crippen LogP contribution in [0.5, 0.6) is 0 Å². The SMILES string of the molecule is Cc1ccc(CN2C(=O)CCC2CC(=O)N[C@@H](Cc2c[nH]c3ccccc23)C(=O)O)cc1. The van der Waals surface area contributed by atoms with Gasteiger partial charge in [-0.25, -0.2) is 4.79 Å². The summed E-state index contributed by atoms with van der Waals surface area (Å²) in [5.74, 6) is -1.41. The van der Waals surface area contributed by atoms with Gasteiger partial charge in [-0.1, -0.05) is 48.0 Å². The lowest BCUT2D eigenvalue weighted by Gasteiger charge is -2.25. The Balaban J connectivity index is 1.40. The molecule has 1 aliphatic rings. The maximum absolute atomic E-state index is 12.7. The Morgan fingerprint density at radius 2 is 1.94 bits per heavy atom. The lowest BCUT2D eigenvalue weighted by Crippen LogP contribution is -2.44. The Kier molecular flexibility index (Phi) is 6.25. The average Bonchev–Trinajstić information content (AvgIpc) is 3.33. The number of rotatable bonds is 8. The molecule has 1 aliphatic heterocycles. The molecule has 2 atom stereocenters. The Morgan fingerprint density at radius 1 is 1.19 bits per heavy atom. The molecule has 7 heteroatoms. The second-order valence-electron chi connectivity index (χ2n) is 8.43. The average molecular weight is 434 g/mol. The summed E-state index contributed by atoms with van der Waals surface area (Å²) in [6.07, 6.45) is 3.06. The van der Waals surface area contributed by atoms with E-state index in [4.69, 9.17) is 0 Å². The highest BCUT2D eigenvalue weighted by molar-refractivity contribution is 5.87. The van der Waals surface area contributed by atoms with Crippen LogP contribution in [-0.2, 0) is 27.3 Å². The maximum atomic E-state index is 12.7. The molecule has 166 valence electrons. The number of amides is 2. The number of benzene rings is 2. The van der Waals surface area contributed by atoms with Crippen LogP contribution < -0.4 is 5.32 Å². The summed E-state index contributed by atoms with van der Waals surface area (Å²) in [7, 11) is 0. The van der Waals surface area contributed by atoms with E-state index in [0.717, 1.165) is 27.6 Å². The summed E-state index contributed by atoms with van der Waals surface area (Å²) in [4.78, 5) is 41.8. The zero-order valence-electron chi connectivity index (χ0n) is 18.0. The van der Waals surface area contributed by atoms with Crippen molar-refractivity contribution in [3.8, 4) is 0 Å². The molecule has 3 N–H and O–H groups in total. The van der Waals surface area contributed by atoms with E-state index >= 15 is 0 Å². The van der Waals surface area contributed by atoms with Gasteiger partial charge >= 0.3 is 5.97 Å². The fourth-order valence-electron chi connectivity index (χ4n) is 4.30. The number of fused-ring (bicyclic) bond motifs is 1. The van der Waals surface area contributed by atoms with Gasteiger partial charge in [-0.15, -0.1) is 0 Å². The molecule has 0 bridgehead atoms. The van der Waals surface area contributed by atoms with Gasteiger partial charge in [-0.2, -0.15) is 0 Å². The van der Waals surface area contributed by atoms with E-state index in [-0.39, 0.29) is 30.7 Å². The number of aryl methyl sites for hydroxylation is 1. The molecule has 0 radical (unpaired) electrons. The number of para-hydroxylation sites is 1. The number of carboxylic acids is 1. The van der Waals surface area contributed by atoms with Gasteiger partial charge in [-0.05, 0) is 30.5 Å². The summed E-state index contributed by atoms with van der Waals surface area (Å²) >= 11 is 0. The number of aliphatic carboxylic acids is 1. The molecule has 2 heterocycles. The van der Waals surface area contributed by atoms with Crippen molar-refractivity contribution in [2.75, 3.05) is 0 Å². The third kappa shape index (κ3) is 4.82. The first-order chi connectivity index (χ1) is 15.4. The third-order valence-electron chi connectivity index (χ3n) is 6.08. The van der Waals surface area contributed by atoms with Crippen LogP contribution in [0.15, 0.2) is 54.7 Å². The van der Waals surface area contributed by atoms with E-state index in [1.807, 2.05) is 55.5 Å². The second kappa shape index (κ2) is 9.26. The van der Waals surface area contributed by atoms with Gasteiger partial charge in [0.1, 0.15) is 6.04 Å². The van der Waals surface area contributed by atoms with Crippen LogP contribution in [0.1, 0.15) is 36.0 Å². The van der Waals surface area contributed by atoms with Gasteiger partial charge < -0.3 is 20.3 Å². The van der Waals surface area contributed by atoms with E-state index in [1.165, 1.54) is 0 Å². The quantitative estimate of drug-likeness (QED) is 0.508. The fourth-order valence-corrected chi connectivity index (χ4v) is 4.30. The molecule has 1 aromatic heterocycles. The first-order valence-electron chi connectivity index (χ1n) is 10.8. The predicted octanol–water partition coefficient (Wildman–Crippen LogP) is 3.17. The molecule has 1 saturated heterocycles. The molecule has 2 amide bonds. The number of hydrogen-bond donors (Lipinski definition) is 3. The molecule has 0 saturated carbocycles. The highest BCUT2D eigenvalue weighted by atomic mass is 16.4. The lowest BCUT2D eigenvalue weighted by molar-refractivity contribution is -0.142. The van der Waals surface area contributed by atoms with Gasteiger partial charge in [0.05, 0.1) is 0 Å². The van der Waals surface area contributed by atoms with Crippen molar-refractivity contribution in [2.24, 2.45) is 0 Å². The van der Waals surface area contributed by atoms with Gasteiger partial charge in [-0.3, -0.25) is 9.59 Å². The zero-order valence-corrected chi connectivity index (χ0v) is 18.0. The number of likely N-dealkylation sites (tertiary alicyclic amines) is 1. The minimum atomic E-state index is -1.08. The molecular formula is C25H27N3O4. The Morgan fingerprint density at radius 3 is 2.69 bits per heavy atom. The molecule has 7 nitrogen and oxygen atoms in total. The van der Waals surface area contributed by atoms with Gasteiger partial charge in [0.15, 0.2) is 0 Å². The van der Waals surface area contributed by atoms with E-state index in [1.54, 1.807) is 11.1 Å². The molecule has 32 heavy (non-hydrogen) atoms. The van der Waals surface area contributed by atoms with Crippen molar-refractivity contribution in [1.82, 2.24) is 15.2 Å². The normalized spacial score (nSPS) is 17.0. The molecule has 1 fully saturated rings. The highest BCUT2D eigenvalue weighted by Gasteiger charge is 2.33. The maximum Gasteiger partial charge on any atom is 0.326 e. The minimum Gasteiger partial charge on any atom is -0.480 e. The Labute approximate surface area is 186 Å². The number of aromatic nitrogens is 1. The molecular weight excluding hydrogens is 406 g/mol. The summed E-state index contributed by atoms with van der Waals surface area (Å²) < 4.78 is 0. The van der Waals surface area contributed by atoms with Crippen molar-refractivity contribution < 1.29 is 19.5 Å². The highest BCUT2D eigenvalue weighted by Crippen LogP contribution is 2.24. The van der Waals surface area contributed by atoms with Crippen molar-refractivity contribution in [3.63, 3.8) is 0 Å². The molecule has 0 aliphatic carbocycles. The van der Waals surface area contributed by atoms with E-state index in [2.05, 4.69) is 10.3 Å². The van der Waals surface area contributed by atoms with Crippen molar-refractivity contribution >= 4 is 28.7 Å². The van der Waals surface area contributed by atoms with Crippen LogP contribution in [0.25, 0.3) is 10.9 Å². The van der Waals surface area contributed by atoms with Crippen LogP contribution in [0, 0.1) is 6.92 Å². The van der Waals surface area contributed by atoms with E-state index in [0.29, 0.717) is 19.4 Å². The number of carbonyl (C=O) groups excluding carboxylic acids is 2. The number of hydrogen-bond acceptors (Lipinski definition) is 3. The number of nitrogens with one attached hydrogen (secondary N) is 2. The van der Waals surface area contributed by atoms with Crippen LogP contribution in [-0.4, -0.2) is 44.9 Å². The van der Waals surface area contributed by atoms with E-state index < -0.39 is 12.0 Å². The number of carbonyl (C=O) groups is 3. The van der Waals surface area contributed by atoms with Crippen LogP contribution in [0.4, 0.5) is 0 Å². The van der Waals surface area contributed by atoms with Gasteiger partial charge in [0.25, 0.3) is 0 Å². The first kappa shape index (κ1) is 21.6. The van der Waals surface area contributed by atoms with Crippen LogP contribution in [0.3, 0.4) is 0 Å². The summed E-state index contributed by atoms with van der Waals surface area (Å²) in [5, 5.41) is 13.3.